The lowest BCUT2D eigenvalue weighted by Gasteiger charge is -2.36. The van der Waals surface area contributed by atoms with Gasteiger partial charge in [0.15, 0.2) is 6.10 Å². The number of ether oxygens (including phenoxy) is 2. The summed E-state index contributed by atoms with van der Waals surface area (Å²) in [5.74, 6) is 2.41. The fourth-order valence-electron chi connectivity index (χ4n) is 3.89. The van der Waals surface area contributed by atoms with E-state index >= 15 is 0 Å². The highest BCUT2D eigenvalue weighted by Crippen LogP contribution is 2.24. The summed E-state index contributed by atoms with van der Waals surface area (Å²) in [6.07, 6.45) is 1.06. The van der Waals surface area contributed by atoms with Crippen molar-refractivity contribution in [3.05, 3.63) is 66.0 Å². The summed E-state index contributed by atoms with van der Waals surface area (Å²) in [5.41, 5.74) is 4.22. The maximum Gasteiger partial charge on any atom is 0.263 e. The van der Waals surface area contributed by atoms with Crippen LogP contribution >= 0.6 is 0 Å². The molecule has 0 spiro atoms. The topological polar surface area (TPSA) is 67.8 Å². The second-order valence-corrected chi connectivity index (χ2v) is 8.31. The molecule has 1 fully saturated rings. The van der Waals surface area contributed by atoms with Crippen LogP contribution in [0.15, 0.2) is 54.9 Å². The largest absolute Gasteiger partial charge is 0.497 e. The molecule has 33 heavy (non-hydrogen) atoms. The van der Waals surface area contributed by atoms with Gasteiger partial charge in [0.05, 0.1) is 12.8 Å². The van der Waals surface area contributed by atoms with Crippen molar-refractivity contribution in [3.63, 3.8) is 0 Å². The number of hydrogen-bond donors (Lipinski definition) is 0. The molecule has 7 heteroatoms. The third-order valence-corrected chi connectivity index (χ3v) is 6.09. The number of piperazine rings is 1. The molecule has 0 radical (unpaired) electrons. The summed E-state index contributed by atoms with van der Waals surface area (Å²) in [4.78, 5) is 25.9. The summed E-state index contributed by atoms with van der Waals surface area (Å²) >= 11 is 0. The molecule has 1 aliphatic heterocycles. The van der Waals surface area contributed by atoms with Gasteiger partial charge in [-0.1, -0.05) is 6.07 Å². The zero-order valence-corrected chi connectivity index (χ0v) is 19.6. The van der Waals surface area contributed by atoms with E-state index < -0.39 is 6.10 Å². The molecule has 0 bridgehead atoms. The standard InChI is InChI=1S/C26H30N4O3/c1-18-5-8-23(15-19(18)2)33-20(3)26(31)30-13-11-29(12-14-30)25-16-24(27-17-28-25)21-6-9-22(32-4)10-7-21/h5-10,15-17,20H,11-14H2,1-4H3. The Balaban J connectivity index is 1.36. The molecule has 7 nitrogen and oxygen atoms in total. The van der Waals surface area contributed by atoms with Gasteiger partial charge in [0.1, 0.15) is 23.6 Å². The lowest BCUT2D eigenvalue weighted by molar-refractivity contribution is -0.138. The third-order valence-electron chi connectivity index (χ3n) is 6.09. The van der Waals surface area contributed by atoms with Crippen molar-refractivity contribution in [2.75, 3.05) is 38.2 Å². The molecular formula is C26H30N4O3. The number of aryl methyl sites for hydroxylation is 2. The van der Waals surface area contributed by atoms with Crippen molar-refractivity contribution in [2.45, 2.75) is 26.9 Å². The van der Waals surface area contributed by atoms with Crippen molar-refractivity contribution < 1.29 is 14.3 Å². The van der Waals surface area contributed by atoms with E-state index in [4.69, 9.17) is 9.47 Å². The van der Waals surface area contributed by atoms with Crippen LogP contribution in [0, 0.1) is 13.8 Å². The quantitative estimate of drug-likeness (QED) is 0.572. The fraction of sp³-hybridized carbons (Fsp3) is 0.346. The Morgan fingerprint density at radius 1 is 0.909 bits per heavy atom. The normalized spacial score (nSPS) is 14.7. The lowest BCUT2D eigenvalue weighted by atomic mass is 10.1. The molecule has 1 atom stereocenters. The molecule has 0 N–H and O–H groups in total. The van der Waals surface area contributed by atoms with Gasteiger partial charge in [-0.2, -0.15) is 0 Å². The Morgan fingerprint density at radius 2 is 1.61 bits per heavy atom. The van der Waals surface area contributed by atoms with Gasteiger partial charge in [-0.05, 0) is 68.3 Å². The Bertz CT molecular complexity index is 1110. The van der Waals surface area contributed by atoms with E-state index in [1.165, 1.54) is 5.56 Å². The van der Waals surface area contributed by atoms with E-state index in [0.29, 0.717) is 26.2 Å². The summed E-state index contributed by atoms with van der Waals surface area (Å²) in [7, 11) is 1.65. The second-order valence-electron chi connectivity index (χ2n) is 8.31. The molecule has 4 rings (SSSR count). The zero-order chi connectivity index (χ0) is 23.4. The number of rotatable bonds is 6. The fourth-order valence-corrected chi connectivity index (χ4v) is 3.89. The van der Waals surface area contributed by atoms with E-state index in [0.717, 1.165) is 34.1 Å². The third kappa shape index (κ3) is 5.25. The number of anilines is 1. The van der Waals surface area contributed by atoms with Crippen LogP contribution in [0.25, 0.3) is 11.3 Å². The van der Waals surface area contributed by atoms with Crippen molar-refractivity contribution in [3.8, 4) is 22.8 Å². The highest BCUT2D eigenvalue weighted by molar-refractivity contribution is 5.81. The Kier molecular flexibility index (Phi) is 6.77. The predicted octanol–water partition coefficient (Wildman–Crippen LogP) is 3.89. The molecule has 1 unspecified atom stereocenters. The lowest BCUT2D eigenvalue weighted by Crippen LogP contribution is -2.52. The van der Waals surface area contributed by atoms with Gasteiger partial charge in [0.25, 0.3) is 5.91 Å². The number of hydrogen-bond acceptors (Lipinski definition) is 6. The highest BCUT2D eigenvalue weighted by atomic mass is 16.5. The predicted molar refractivity (Wildman–Crippen MR) is 129 cm³/mol. The molecule has 0 aliphatic carbocycles. The zero-order valence-electron chi connectivity index (χ0n) is 19.6. The first kappa shape index (κ1) is 22.6. The van der Waals surface area contributed by atoms with Crippen LogP contribution in [0.4, 0.5) is 5.82 Å². The van der Waals surface area contributed by atoms with Crippen LogP contribution in [-0.2, 0) is 4.79 Å². The van der Waals surface area contributed by atoms with E-state index in [2.05, 4.69) is 21.8 Å². The molecule has 2 heterocycles. The molecule has 1 aliphatic rings. The number of carbonyl (C=O) groups is 1. The van der Waals surface area contributed by atoms with Gasteiger partial charge in [-0.25, -0.2) is 9.97 Å². The average Bonchev–Trinajstić information content (AvgIpc) is 2.86. The van der Waals surface area contributed by atoms with E-state index in [9.17, 15) is 4.79 Å². The minimum atomic E-state index is -0.528. The van der Waals surface area contributed by atoms with Gasteiger partial charge >= 0.3 is 0 Å². The number of amides is 1. The molecule has 2 aromatic carbocycles. The number of aromatic nitrogens is 2. The van der Waals surface area contributed by atoms with Crippen LogP contribution in [0.3, 0.4) is 0 Å². The first-order valence-electron chi connectivity index (χ1n) is 11.2. The first-order chi connectivity index (χ1) is 15.9. The van der Waals surface area contributed by atoms with E-state index in [1.807, 2.05) is 67.3 Å². The average molecular weight is 447 g/mol. The molecule has 0 saturated carbocycles. The van der Waals surface area contributed by atoms with Crippen LogP contribution < -0.4 is 14.4 Å². The van der Waals surface area contributed by atoms with Gasteiger partial charge in [0, 0.05) is 37.8 Å². The number of nitrogens with zero attached hydrogens (tertiary/aromatic N) is 4. The summed E-state index contributed by atoms with van der Waals surface area (Å²) < 4.78 is 11.2. The van der Waals surface area contributed by atoms with Gasteiger partial charge in [-0.15, -0.1) is 0 Å². The second kappa shape index (κ2) is 9.90. The minimum Gasteiger partial charge on any atom is -0.497 e. The monoisotopic (exact) mass is 446 g/mol. The van der Waals surface area contributed by atoms with E-state index in [-0.39, 0.29) is 5.91 Å². The summed E-state index contributed by atoms with van der Waals surface area (Å²) in [5, 5.41) is 0. The number of methoxy groups -OCH3 is 1. The molecule has 3 aromatic rings. The smallest absolute Gasteiger partial charge is 0.263 e. The Labute approximate surface area is 195 Å². The van der Waals surface area contributed by atoms with Gasteiger partial charge in [0.2, 0.25) is 0 Å². The Hall–Kier alpha value is -3.61. The van der Waals surface area contributed by atoms with Crippen LogP contribution in [0.2, 0.25) is 0 Å². The molecule has 1 amide bonds. The van der Waals surface area contributed by atoms with Crippen LogP contribution in [0.1, 0.15) is 18.1 Å². The summed E-state index contributed by atoms with van der Waals surface area (Å²) in [6, 6.07) is 15.7. The van der Waals surface area contributed by atoms with Crippen molar-refractivity contribution in [1.82, 2.24) is 14.9 Å². The van der Waals surface area contributed by atoms with Gasteiger partial charge in [-0.3, -0.25) is 4.79 Å². The molecule has 1 aromatic heterocycles. The SMILES string of the molecule is COc1ccc(-c2cc(N3CCN(C(=O)C(C)Oc4ccc(C)c(C)c4)CC3)ncn2)cc1. The molecule has 1 saturated heterocycles. The number of carbonyl (C=O) groups excluding carboxylic acids is 1. The summed E-state index contributed by atoms with van der Waals surface area (Å²) in [6.45, 7) is 8.59. The van der Waals surface area contributed by atoms with Crippen molar-refractivity contribution in [2.24, 2.45) is 0 Å². The van der Waals surface area contributed by atoms with Crippen LogP contribution in [-0.4, -0.2) is 60.2 Å². The molecule has 172 valence electrons. The highest BCUT2D eigenvalue weighted by Gasteiger charge is 2.26. The minimum absolute atomic E-state index is 0.00878. The van der Waals surface area contributed by atoms with Gasteiger partial charge < -0.3 is 19.3 Å². The maximum atomic E-state index is 12.9. The van der Waals surface area contributed by atoms with Crippen molar-refractivity contribution in [1.29, 1.82) is 0 Å². The van der Waals surface area contributed by atoms with E-state index in [1.54, 1.807) is 13.4 Å². The Morgan fingerprint density at radius 3 is 2.27 bits per heavy atom. The first-order valence-corrected chi connectivity index (χ1v) is 11.2. The maximum absolute atomic E-state index is 12.9. The number of benzene rings is 2. The molecular weight excluding hydrogens is 416 g/mol. The van der Waals surface area contributed by atoms with Crippen LogP contribution in [0.5, 0.6) is 11.5 Å². The van der Waals surface area contributed by atoms with Crippen molar-refractivity contribution >= 4 is 11.7 Å².